The molecule has 0 aliphatic carbocycles. The van der Waals surface area contributed by atoms with Crippen LogP contribution in [0.5, 0.6) is 0 Å². The van der Waals surface area contributed by atoms with Crippen molar-refractivity contribution in [1.82, 2.24) is 0 Å². The SMILES string of the molecule is C=C(N)/C=C\C(=C/N)C(=O)CCNc1ccc(F)cc1. The molecule has 0 fully saturated rings. The van der Waals surface area contributed by atoms with Crippen molar-refractivity contribution in [2.24, 2.45) is 11.5 Å². The number of hydrogen-bond acceptors (Lipinski definition) is 4. The molecule has 0 radical (unpaired) electrons. The van der Waals surface area contributed by atoms with Crippen molar-refractivity contribution in [3.8, 4) is 0 Å². The Balaban J connectivity index is 2.46. The van der Waals surface area contributed by atoms with Gasteiger partial charge in [-0.1, -0.05) is 6.58 Å². The second kappa shape index (κ2) is 7.78. The van der Waals surface area contributed by atoms with Crippen LogP contribution >= 0.6 is 0 Å². The summed E-state index contributed by atoms with van der Waals surface area (Å²) in [7, 11) is 0. The number of hydrogen-bond donors (Lipinski definition) is 3. The minimum Gasteiger partial charge on any atom is -0.404 e. The Labute approximate surface area is 117 Å². The number of halogens is 1. The molecule has 1 aromatic carbocycles. The van der Waals surface area contributed by atoms with Gasteiger partial charge in [-0.2, -0.15) is 0 Å². The standard InChI is InChI=1S/C15H18FN3O/c1-11(18)2-3-12(10-17)15(20)8-9-19-14-6-4-13(16)5-7-14/h2-7,10,19H,1,8-9,17-18H2/b3-2-,12-10+. The summed E-state index contributed by atoms with van der Waals surface area (Å²) in [5.74, 6) is -0.410. The number of benzene rings is 1. The maximum atomic E-state index is 12.7. The lowest BCUT2D eigenvalue weighted by Crippen LogP contribution is -2.11. The van der Waals surface area contributed by atoms with Crippen LogP contribution in [-0.4, -0.2) is 12.3 Å². The van der Waals surface area contributed by atoms with E-state index in [1.54, 1.807) is 12.1 Å². The Morgan fingerprint density at radius 1 is 1.30 bits per heavy atom. The van der Waals surface area contributed by atoms with Gasteiger partial charge in [-0.25, -0.2) is 4.39 Å². The highest BCUT2D eigenvalue weighted by atomic mass is 19.1. The summed E-state index contributed by atoms with van der Waals surface area (Å²) in [5.41, 5.74) is 12.2. The second-order valence-corrected chi connectivity index (χ2v) is 4.14. The summed E-state index contributed by atoms with van der Waals surface area (Å²) in [5, 5.41) is 3.02. The van der Waals surface area contributed by atoms with Gasteiger partial charge in [-0.15, -0.1) is 0 Å². The van der Waals surface area contributed by atoms with Crippen molar-refractivity contribution in [1.29, 1.82) is 0 Å². The Bertz CT molecular complexity index is 533. The highest BCUT2D eigenvalue weighted by molar-refractivity contribution is 5.98. The number of anilines is 1. The van der Waals surface area contributed by atoms with Gasteiger partial charge >= 0.3 is 0 Å². The number of Topliss-reactive ketones (excluding diaryl/α,β-unsaturated/α-hetero) is 1. The Kier molecular flexibility index (Phi) is 6.03. The molecular weight excluding hydrogens is 257 g/mol. The number of ketones is 1. The molecule has 0 unspecified atom stereocenters. The van der Waals surface area contributed by atoms with E-state index in [-0.39, 0.29) is 18.0 Å². The first-order chi connectivity index (χ1) is 9.52. The molecule has 0 aliphatic heterocycles. The number of allylic oxidation sites excluding steroid dienone is 3. The van der Waals surface area contributed by atoms with Crippen LogP contribution in [0.3, 0.4) is 0 Å². The zero-order valence-corrected chi connectivity index (χ0v) is 11.1. The average molecular weight is 275 g/mol. The Morgan fingerprint density at radius 3 is 2.50 bits per heavy atom. The maximum Gasteiger partial charge on any atom is 0.166 e. The fourth-order valence-electron chi connectivity index (χ4n) is 1.47. The summed E-state index contributed by atoms with van der Waals surface area (Å²) >= 11 is 0. The van der Waals surface area contributed by atoms with Crippen molar-refractivity contribution in [2.75, 3.05) is 11.9 Å². The number of carbonyl (C=O) groups is 1. The van der Waals surface area contributed by atoms with Crippen LogP contribution in [0.15, 0.2) is 60.5 Å². The fraction of sp³-hybridized carbons (Fsp3) is 0.133. The third kappa shape index (κ3) is 5.39. The third-order valence-electron chi connectivity index (χ3n) is 2.50. The van der Waals surface area contributed by atoms with Crippen LogP contribution in [0.1, 0.15) is 6.42 Å². The van der Waals surface area contributed by atoms with Gasteiger partial charge in [0.15, 0.2) is 5.78 Å². The molecule has 1 aromatic rings. The zero-order valence-electron chi connectivity index (χ0n) is 11.1. The number of rotatable bonds is 7. The molecule has 106 valence electrons. The average Bonchev–Trinajstić information content (AvgIpc) is 2.41. The molecule has 0 spiro atoms. The lowest BCUT2D eigenvalue weighted by molar-refractivity contribution is -0.115. The molecule has 5 heteroatoms. The first-order valence-corrected chi connectivity index (χ1v) is 6.10. The molecule has 0 saturated carbocycles. The summed E-state index contributed by atoms with van der Waals surface area (Å²) < 4.78 is 12.7. The smallest absolute Gasteiger partial charge is 0.166 e. The summed E-state index contributed by atoms with van der Waals surface area (Å²) in [6.45, 7) is 3.93. The van der Waals surface area contributed by atoms with E-state index < -0.39 is 0 Å². The summed E-state index contributed by atoms with van der Waals surface area (Å²) in [6.07, 6.45) is 4.55. The first kappa shape index (κ1) is 15.5. The van der Waals surface area contributed by atoms with E-state index in [0.29, 0.717) is 17.8 Å². The molecule has 0 saturated heterocycles. The highest BCUT2D eigenvalue weighted by Gasteiger charge is 2.05. The van der Waals surface area contributed by atoms with Crippen molar-refractivity contribution in [3.05, 3.63) is 66.3 Å². The van der Waals surface area contributed by atoms with Crippen LogP contribution < -0.4 is 16.8 Å². The molecule has 0 bridgehead atoms. The second-order valence-electron chi connectivity index (χ2n) is 4.14. The Morgan fingerprint density at radius 2 is 1.95 bits per heavy atom. The largest absolute Gasteiger partial charge is 0.404 e. The topological polar surface area (TPSA) is 81.1 Å². The van der Waals surface area contributed by atoms with E-state index in [1.807, 2.05) is 0 Å². The number of nitrogens with two attached hydrogens (primary N) is 2. The molecule has 20 heavy (non-hydrogen) atoms. The first-order valence-electron chi connectivity index (χ1n) is 6.10. The number of carbonyl (C=O) groups excluding carboxylic acids is 1. The zero-order chi connectivity index (χ0) is 15.0. The summed E-state index contributed by atoms with van der Waals surface area (Å²) in [6, 6.07) is 5.92. The van der Waals surface area contributed by atoms with Crippen LogP contribution in [0.4, 0.5) is 10.1 Å². The van der Waals surface area contributed by atoms with Gasteiger partial charge in [0.2, 0.25) is 0 Å². The minimum absolute atomic E-state index is 0.111. The normalized spacial score (nSPS) is 11.6. The van der Waals surface area contributed by atoms with Crippen molar-refractivity contribution in [2.45, 2.75) is 6.42 Å². The third-order valence-corrected chi connectivity index (χ3v) is 2.50. The van der Waals surface area contributed by atoms with Gasteiger partial charge in [0, 0.05) is 36.1 Å². The van der Waals surface area contributed by atoms with Crippen molar-refractivity contribution in [3.63, 3.8) is 0 Å². The lowest BCUT2D eigenvalue weighted by Gasteiger charge is -2.06. The molecule has 0 aliphatic rings. The molecule has 0 atom stereocenters. The quantitative estimate of drug-likeness (QED) is 0.525. The van der Waals surface area contributed by atoms with Crippen LogP contribution in [-0.2, 0) is 4.79 Å². The van der Waals surface area contributed by atoms with Gasteiger partial charge < -0.3 is 16.8 Å². The lowest BCUT2D eigenvalue weighted by atomic mass is 10.1. The van der Waals surface area contributed by atoms with Crippen molar-refractivity contribution >= 4 is 11.5 Å². The molecule has 0 aromatic heterocycles. The fourth-order valence-corrected chi connectivity index (χ4v) is 1.47. The summed E-state index contributed by atoms with van der Waals surface area (Å²) in [4.78, 5) is 11.9. The maximum absolute atomic E-state index is 12.7. The van der Waals surface area contributed by atoms with Crippen LogP contribution in [0, 0.1) is 5.82 Å². The van der Waals surface area contributed by atoms with E-state index in [4.69, 9.17) is 11.5 Å². The van der Waals surface area contributed by atoms with Crippen LogP contribution in [0.25, 0.3) is 0 Å². The van der Waals surface area contributed by atoms with E-state index >= 15 is 0 Å². The van der Waals surface area contributed by atoms with Gasteiger partial charge in [-0.3, -0.25) is 4.79 Å². The van der Waals surface area contributed by atoms with E-state index in [0.717, 1.165) is 5.69 Å². The predicted molar refractivity (Wildman–Crippen MR) is 79.3 cm³/mol. The van der Waals surface area contributed by atoms with Crippen LogP contribution in [0.2, 0.25) is 0 Å². The molecule has 0 amide bonds. The van der Waals surface area contributed by atoms with E-state index in [9.17, 15) is 9.18 Å². The minimum atomic E-state index is -0.299. The van der Waals surface area contributed by atoms with Crippen molar-refractivity contribution < 1.29 is 9.18 Å². The Hall–Kier alpha value is -2.56. The van der Waals surface area contributed by atoms with E-state index in [1.165, 1.54) is 30.5 Å². The molecule has 5 N–H and O–H groups in total. The molecule has 1 rings (SSSR count). The van der Waals surface area contributed by atoms with E-state index in [2.05, 4.69) is 11.9 Å². The van der Waals surface area contributed by atoms with Gasteiger partial charge in [0.05, 0.1) is 0 Å². The van der Waals surface area contributed by atoms with Gasteiger partial charge in [-0.05, 0) is 36.4 Å². The molecule has 0 heterocycles. The highest BCUT2D eigenvalue weighted by Crippen LogP contribution is 2.09. The molecular formula is C15H18FN3O. The van der Waals surface area contributed by atoms with Gasteiger partial charge in [0.25, 0.3) is 0 Å². The molecule has 4 nitrogen and oxygen atoms in total. The monoisotopic (exact) mass is 275 g/mol. The van der Waals surface area contributed by atoms with Gasteiger partial charge in [0.1, 0.15) is 5.82 Å². The predicted octanol–water partition coefficient (Wildman–Crippen LogP) is 2.07. The number of nitrogens with one attached hydrogen (secondary N) is 1.